The Bertz CT molecular complexity index is 629. The first-order chi connectivity index (χ1) is 9.30. The van der Waals surface area contributed by atoms with Crippen molar-refractivity contribution in [3.05, 3.63) is 22.7 Å². The Morgan fingerprint density at radius 1 is 1.40 bits per heavy atom. The maximum Gasteiger partial charge on any atom is 0.493 e. The fourth-order valence-electron chi connectivity index (χ4n) is 1.54. The molecule has 0 spiro atoms. The number of nitrogens with zero attached hydrogens (tertiary/aromatic N) is 4. The van der Waals surface area contributed by atoms with Crippen molar-refractivity contribution in [2.45, 2.75) is 6.30 Å². The molecule has 7 nitrogen and oxygen atoms in total. The van der Waals surface area contributed by atoms with Crippen molar-refractivity contribution in [3.8, 4) is 11.4 Å². The van der Waals surface area contributed by atoms with Crippen LogP contribution >= 0.6 is 15.9 Å². The maximum absolute atomic E-state index is 12.9. The number of rotatable bonds is 2. The van der Waals surface area contributed by atoms with Gasteiger partial charge in [-0.3, -0.25) is 0 Å². The molecule has 0 radical (unpaired) electrons. The van der Waals surface area contributed by atoms with Gasteiger partial charge in [-0.05, 0) is 23.4 Å². The molecule has 1 aromatic carbocycles. The largest absolute Gasteiger partial charge is 0.493 e. The van der Waals surface area contributed by atoms with Crippen LogP contribution in [0.1, 0.15) is 0 Å². The summed E-state index contributed by atoms with van der Waals surface area (Å²) in [5.41, 5.74) is 4.26. The van der Waals surface area contributed by atoms with Crippen molar-refractivity contribution < 1.29 is 18.0 Å². The lowest BCUT2D eigenvalue weighted by Crippen LogP contribution is -2.46. The summed E-state index contributed by atoms with van der Waals surface area (Å²) in [4.78, 5) is 10.6. The predicted molar refractivity (Wildman–Crippen MR) is 65.4 cm³/mol. The highest BCUT2D eigenvalue weighted by Gasteiger charge is 2.42. The van der Waals surface area contributed by atoms with Gasteiger partial charge in [0.2, 0.25) is 5.82 Å². The van der Waals surface area contributed by atoms with E-state index in [1.807, 2.05) is 0 Å². The lowest BCUT2D eigenvalue weighted by Gasteiger charge is -2.24. The van der Waals surface area contributed by atoms with Crippen LogP contribution in [-0.2, 0) is 0 Å². The molecule has 20 heavy (non-hydrogen) atoms. The number of halogens is 4. The van der Waals surface area contributed by atoms with Gasteiger partial charge < -0.3 is 5.73 Å². The van der Waals surface area contributed by atoms with E-state index < -0.39 is 22.9 Å². The minimum absolute atomic E-state index is 0.0516. The Labute approximate surface area is 118 Å². The predicted octanol–water partition coefficient (Wildman–Crippen LogP) is 2.03. The summed E-state index contributed by atoms with van der Waals surface area (Å²) in [6, 6.07) is 2.07. The van der Waals surface area contributed by atoms with Crippen LogP contribution in [0.2, 0.25) is 0 Å². The maximum atomic E-state index is 12.9. The highest BCUT2D eigenvalue weighted by atomic mass is 79.9. The van der Waals surface area contributed by atoms with Gasteiger partial charge in [0.1, 0.15) is 0 Å². The third-order valence-electron chi connectivity index (χ3n) is 2.26. The number of H-pyrrole nitrogens is 1. The smallest absolute Gasteiger partial charge is 0.351 e. The van der Waals surface area contributed by atoms with Crippen LogP contribution in [-0.4, -0.2) is 33.0 Å². The SMILES string of the molecule is NC(=O)N(c1ccc(Br)cc1-c1nn[nH]n1)C(F)(F)F. The fourth-order valence-corrected chi connectivity index (χ4v) is 1.90. The first-order valence-electron chi connectivity index (χ1n) is 5.00. The molecule has 0 saturated heterocycles. The van der Waals surface area contributed by atoms with Crippen LogP contribution in [0.25, 0.3) is 11.4 Å². The van der Waals surface area contributed by atoms with Crippen molar-refractivity contribution in [2.75, 3.05) is 4.90 Å². The van der Waals surface area contributed by atoms with Gasteiger partial charge in [0.25, 0.3) is 0 Å². The van der Waals surface area contributed by atoms with E-state index in [2.05, 4.69) is 36.6 Å². The van der Waals surface area contributed by atoms with E-state index in [0.717, 1.165) is 6.07 Å². The molecule has 0 atom stereocenters. The van der Waals surface area contributed by atoms with Gasteiger partial charge in [0.15, 0.2) is 0 Å². The summed E-state index contributed by atoms with van der Waals surface area (Å²) >= 11 is 3.12. The Kier molecular flexibility index (Phi) is 3.61. The van der Waals surface area contributed by atoms with E-state index in [1.54, 1.807) is 0 Å². The molecular formula is C9H6BrF3N6O. The quantitative estimate of drug-likeness (QED) is 0.809. The van der Waals surface area contributed by atoms with Crippen LogP contribution in [0.5, 0.6) is 0 Å². The zero-order chi connectivity index (χ0) is 14.9. The zero-order valence-electron chi connectivity index (χ0n) is 9.52. The van der Waals surface area contributed by atoms with Gasteiger partial charge in [-0.25, -0.2) is 9.69 Å². The summed E-state index contributed by atoms with van der Waals surface area (Å²) in [7, 11) is 0. The number of aromatic nitrogens is 4. The lowest BCUT2D eigenvalue weighted by atomic mass is 10.1. The van der Waals surface area contributed by atoms with Crippen molar-refractivity contribution in [2.24, 2.45) is 5.73 Å². The highest BCUT2D eigenvalue weighted by molar-refractivity contribution is 9.10. The van der Waals surface area contributed by atoms with E-state index in [-0.39, 0.29) is 11.4 Å². The van der Waals surface area contributed by atoms with E-state index in [1.165, 1.54) is 12.1 Å². The Balaban J connectivity index is 2.64. The van der Waals surface area contributed by atoms with Crippen molar-refractivity contribution in [3.63, 3.8) is 0 Å². The molecule has 106 valence electrons. The third-order valence-corrected chi connectivity index (χ3v) is 2.75. The highest BCUT2D eigenvalue weighted by Crippen LogP contribution is 2.36. The number of nitrogens with two attached hydrogens (primary N) is 1. The third kappa shape index (κ3) is 2.71. The number of benzene rings is 1. The van der Waals surface area contributed by atoms with Gasteiger partial charge in [0.05, 0.1) is 5.69 Å². The molecule has 3 N–H and O–H groups in total. The number of amides is 2. The molecule has 2 rings (SSSR count). The monoisotopic (exact) mass is 350 g/mol. The number of alkyl halides is 3. The van der Waals surface area contributed by atoms with Gasteiger partial charge >= 0.3 is 12.3 Å². The topological polar surface area (TPSA) is 101 Å². The molecule has 0 bridgehead atoms. The average molecular weight is 351 g/mol. The fraction of sp³-hybridized carbons (Fsp3) is 0.111. The number of anilines is 1. The number of hydrogen-bond donors (Lipinski definition) is 2. The average Bonchev–Trinajstić information content (AvgIpc) is 2.82. The molecule has 0 aliphatic rings. The van der Waals surface area contributed by atoms with E-state index in [4.69, 9.17) is 5.73 Å². The molecule has 1 aromatic heterocycles. The molecule has 2 amide bonds. The Hall–Kier alpha value is -2.17. The van der Waals surface area contributed by atoms with Gasteiger partial charge in [-0.15, -0.1) is 23.4 Å². The minimum atomic E-state index is -4.97. The van der Waals surface area contributed by atoms with E-state index >= 15 is 0 Å². The number of primary amides is 1. The molecule has 0 aliphatic heterocycles. The van der Waals surface area contributed by atoms with Gasteiger partial charge in [0, 0.05) is 10.0 Å². The second-order valence-corrected chi connectivity index (χ2v) is 4.45. The number of tetrazole rings is 1. The number of carbonyl (C=O) groups is 1. The lowest BCUT2D eigenvalue weighted by molar-refractivity contribution is -0.120. The molecular weight excluding hydrogens is 345 g/mol. The second-order valence-electron chi connectivity index (χ2n) is 3.54. The normalized spacial score (nSPS) is 11.4. The first kappa shape index (κ1) is 14.2. The van der Waals surface area contributed by atoms with Crippen molar-refractivity contribution in [1.82, 2.24) is 20.6 Å². The summed E-state index contributed by atoms with van der Waals surface area (Å²) in [5.74, 6) is -0.100. The number of nitrogens with one attached hydrogen (secondary N) is 1. The molecule has 2 aromatic rings. The standard InChI is InChI=1S/C9H6BrF3N6O/c10-4-1-2-6(19(8(14)20)9(11,12)13)5(3-4)7-15-17-18-16-7/h1-3H,(H2,14,20)(H,15,16,17,18). The molecule has 0 fully saturated rings. The zero-order valence-corrected chi connectivity index (χ0v) is 11.1. The van der Waals surface area contributed by atoms with E-state index in [0.29, 0.717) is 4.47 Å². The van der Waals surface area contributed by atoms with Crippen LogP contribution < -0.4 is 10.6 Å². The second kappa shape index (κ2) is 5.07. The molecule has 0 saturated carbocycles. The van der Waals surface area contributed by atoms with Crippen LogP contribution in [0.3, 0.4) is 0 Å². The summed E-state index contributed by atoms with van der Waals surface area (Å²) < 4.78 is 39.3. The molecule has 11 heteroatoms. The van der Waals surface area contributed by atoms with Gasteiger partial charge in [-0.1, -0.05) is 15.9 Å². The number of hydrogen-bond acceptors (Lipinski definition) is 4. The van der Waals surface area contributed by atoms with E-state index in [9.17, 15) is 18.0 Å². The number of urea groups is 1. The summed E-state index contributed by atoms with van der Waals surface area (Å²) in [5, 5.41) is 12.6. The molecule has 0 unspecified atom stereocenters. The molecule has 0 aliphatic carbocycles. The van der Waals surface area contributed by atoms with Crippen molar-refractivity contribution >= 4 is 27.6 Å². The number of carbonyl (C=O) groups excluding carboxylic acids is 1. The van der Waals surface area contributed by atoms with Gasteiger partial charge in [-0.2, -0.15) is 5.21 Å². The van der Waals surface area contributed by atoms with Crippen LogP contribution in [0.15, 0.2) is 22.7 Å². The Morgan fingerprint density at radius 3 is 2.60 bits per heavy atom. The van der Waals surface area contributed by atoms with Crippen LogP contribution in [0.4, 0.5) is 23.7 Å². The first-order valence-corrected chi connectivity index (χ1v) is 5.80. The summed E-state index contributed by atoms with van der Waals surface area (Å²) in [6.07, 6.45) is -4.97. The van der Waals surface area contributed by atoms with Crippen LogP contribution in [0, 0.1) is 0 Å². The summed E-state index contributed by atoms with van der Waals surface area (Å²) in [6.45, 7) is 0. The van der Waals surface area contributed by atoms with Crippen molar-refractivity contribution in [1.29, 1.82) is 0 Å². The minimum Gasteiger partial charge on any atom is -0.351 e. The number of aromatic amines is 1. The Morgan fingerprint density at radius 2 is 2.10 bits per heavy atom. The molecule has 1 heterocycles.